The molecule has 19 heavy (non-hydrogen) atoms. The van der Waals surface area contributed by atoms with Crippen LogP contribution in [0.3, 0.4) is 0 Å². The highest BCUT2D eigenvalue weighted by atomic mass is 32.2. The van der Waals surface area contributed by atoms with Gasteiger partial charge < -0.3 is 15.7 Å². The summed E-state index contributed by atoms with van der Waals surface area (Å²) >= 11 is 0.784. The van der Waals surface area contributed by atoms with Gasteiger partial charge in [-0.05, 0) is 24.3 Å². The molecular formula is C14H14N2O2S. The molecule has 0 atom stereocenters. The van der Waals surface area contributed by atoms with Crippen molar-refractivity contribution in [3.05, 3.63) is 42.5 Å². The van der Waals surface area contributed by atoms with Crippen LogP contribution in [0.15, 0.2) is 42.5 Å². The van der Waals surface area contributed by atoms with E-state index in [9.17, 15) is 4.79 Å². The van der Waals surface area contributed by atoms with Crippen LogP contribution in [0.4, 0.5) is 11.4 Å². The van der Waals surface area contributed by atoms with Gasteiger partial charge in [-0.2, -0.15) is 0 Å². The minimum absolute atomic E-state index is 0.121. The number of hydrogen-bond donors (Lipinski definition) is 2. The first kappa shape index (κ1) is 13.3. The maximum atomic E-state index is 11.0. The van der Waals surface area contributed by atoms with Gasteiger partial charge in [0.2, 0.25) is 5.12 Å². The Kier molecular flexibility index (Phi) is 3.97. The number of nitrogens with two attached hydrogens (primary N) is 2. The third-order valence-electron chi connectivity index (χ3n) is 2.50. The average Bonchev–Trinajstić information content (AvgIpc) is 2.37. The van der Waals surface area contributed by atoms with Crippen LogP contribution in [0.2, 0.25) is 0 Å². The molecule has 0 aromatic heterocycles. The van der Waals surface area contributed by atoms with Crippen molar-refractivity contribution >= 4 is 28.5 Å². The topological polar surface area (TPSA) is 78.3 Å². The van der Waals surface area contributed by atoms with Gasteiger partial charge in [-0.1, -0.05) is 18.2 Å². The molecule has 0 aliphatic heterocycles. The molecule has 0 fully saturated rings. The Labute approximate surface area is 116 Å². The molecule has 4 nitrogen and oxygen atoms in total. The van der Waals surface area contributed by atoms with E-state index in [2.05, 4.69) is 0 Å². The highest BCUT2D eigenvalue weighted by Crippen LogP contribution is 2.36. The monoisotopic (exact) mass is 274 g/mol. The first-order chi connectivity index (χ1) is 9.08. The number of carbonyl (C=O) groups excluding carboxylic acids is 1. The van der Waals surface area contributed by atoms with Crippen molar-refractivity contribution in [3.63, 3.8) is 0 Å². The summed E-state index contributed by atoms with van der Waals surface area (Å²) in [6, 6.07) is 12.7. The number of nitrogen functional groups attached to an aromatic ring is 2. The largest absolute Gasteiger partial charge is 0.417 e. The molecule has 0 bridgehead atoms. The molecule has 0 amide bonds. The summed E-state index contributed by atoms with van der Waals surface area (Å²) in [5.74, 6) is 0.562. The van der Waals surface area contributed by atoms with Crippen molar-refractivity contribution in [2.24, 2.45) is 0 Å². The number of carbonyl (C=O) groups is 1. The zero-order valence-corrected chi connectivity index (χ0v) is 11.2. The fourth-order valence-corrected chi connectivity index (χ4v) is 2.03. The quantitative estimate of drug-likeness (QED) is 0.664. The van der Waals surface area contributed by atoms with E-state index in [0.717, 1.165) is 23.2 Å². The van der Waals surface area contributed by atoms with Gasteiger partial charge in [0.1, 0.15) is 17.8 Å². The van der Waals surface area contributed by atoms with Crippen molar-refractivity contribution in [1.82, 2.24) is 0 Å². The van der Waals surface area contributed by atoms with Crippen molar-refractivity contribution in [2.45, 2.75) is 6.92 Å². The third-order valence-corrected chi connectivity index (χ3v) is 3.00. The SMILES string of the molecule is CC(=O)SOc1ccc(N)cc1-c1ccccc1N. The standard InChI is InChI=1S/C14H14N2O2S/c1-9(17)19-18-14-7-6-10(15)8-12(14)11-4-2-3-5-13(11)16/h2-8H,15-16H2,1H3. The normalized spacial score (nSPS) is 10.2. The lowest BCUT2D eigenvalue weighted by atomic mass is 10.0. The van der Waals surface area contributed by atoms with Crippen molar-refractivity contribution in [3.8, 4) is 16.9 Å². The van der Waals surface area contributed by atoms with Gasteiger partial charge in [0.25, 0.3) is 0 Å². The molecule has 0 saturated carbocycles. The molecule has 98 valence electrons. The van der Waals surface area contributed by atoms with Crippen molar-refractivity contribution in [2.75, 3.05) is 11.5 Å². The number of hydrogen-bond acceptors (Lipinski definition) is 5. The van der Waals surface area contributed by atoms with Crippen LogP contribution in [-0.2, 0) is 4.79 Å². The van der Waals surface area contributed by atoms with Crippen LogP contribution in [0.5, 0.6) is 5.75 Å². The predicted octanol–water partition coefficient (Wildman–Crippen LogP) is 3.09. The zero-order chi connectivity index (χ0) is 13.8. The summed E-state index contributed by atoms with van der Waals surface area (Å²) in [6.45, 7) is 1.44. The lowest BCUT2D eigenvalue weighted by Crippen LogP contribution is -1.95. The van der Waals surface area contributed by atoms with Crippen LogP contribution < -0.4 is 15.7 Å². The Balaban J connectivity index is 2.46. The number of rotatable bonds is 3. The zero-order valence-electron chi connectivity index (χ0n) is 10.4. The first-order valence-electron chi connectivity index (χ1n) is 5.67. The van der Waals surface area contributed by atoms with Gasteiger partial charge in [-0.3, -0.25) is 4.79 Å². The minimum Gasteiger partial charge on any atom is -0.417 e. The molecule has 5 heteroatoms. The molecule has 0 unspecified atom stereocenters. The second kappa shape index (κ2) is 5.67. The number of anilines is 2. The molecule has 0 saturated heterocycles. The smallest absolute Gasteiger partial charge is 0.224 e. The van der Waals surface area contributed by atoms with E-state index in [1.165, 1.54) is 6.92 Å². The van der Waals surface area contributed by atoms with E-state index in [1.807, 2.05) is 18.2 Å². The average molecular weight is 274 g/mol. The summed E-state index contributed by atoms with van der Waals surface area (Å²) in [7, 11) is 0. The van der Waals surface area contributed by atoms with E-state index in [-0.39, 0.29) is 5.12 Å². The van der Waals surface area contributed by atoms with Gasteiger partial charge in [0.05, 0.1) is 0 Å². The number of benzene rings is 2. The maximum Gasteiger partial charge on any atom is 0.224 e. The Morgan fingerprint density at radius 2 is 1.84 bits per heavy atom. The summed E-state index contributed by atoms with van der Waals surface area (Å²) in [5.41, 5.74) is 14.6. The fourth-order valence-electron chi connectivity index (χ4n) is 1.68. The highest BCUT2D eigenvalue weighted by molar-refractivity contribution is 8.09. The lowest BCUT2D eigenvalue weighted by Gasteiger charge is -2.12. The van der Waals surface area contributed by atoms with E-state index < -0.39 is 0 Å². The molecular weight excluding hydrogens is 260 g/mol. The fraction of sp³-hybridized carbons (Fsp3) is 0.0714. The number of para-hydroxylation sites is 1. The second-order valence-electron chi connectivity index (χ2n) is 4.00. The molecule has 2 aromatic carbocycles. The van der Waals surface area contributed by atoms with Gasteiger partial charge in [0.15, 0.2) is 0 Å². The highest BCUT2D eigenvalue weighted by Gasteiger charge is 2.11. The van der Waals surface area contributed by atoms with E-state index in [1.54, 1.807) is 24.3 Å². The van der Waals surface area contributed by atoms with Crippen LogP contribution >= 0.6 is 12.0 Å². The van der Waals surface area contributed by atoms with Crippen LogP contribution in [0, 0.1) is 0 Å². The molecule has 0 aliphatic rings. The van der Waals surface area contributed by atoms with Gasteiger partial charge in [-0.15, -0.1) is 0 Å². The van der Waals surface area contributed by atoms with Crippen molar-refractivity contribution in [1.29, 1.82) is 0 Å². The summed E-state index contributed by atoms with van der Waals surface area (Å²) in [4.78, 5) is 11.0. The van der Waals surface area contributed by atoms with Crippen LogP contribution in [-0.4, -0.2) is 5.12 Å². The minimum atomic E-state index is -0.121. The van der Waals surface area contributed by atoms with E-state index in [0.29, 0.717) is 17.1 Å². The summed E-state index contributed by atoms with van der Waals surface area (Å²) in [5, 5.41) is -0.121. The summed E-state index contributed by atoms with van der Waals surface area (Å²) in [6.07, 6.45) is 0. The van der Waals surface area contributed by atoms with Gasteiger partial charge >= 0.3 is 0 Å². The van der Waals surface area contributed by atoms with E-state index >= 15 is 0 Å². The molecule has 2 rings (SSSR count). The molecule has 0 radical (unpaired) electrons. The molecule has 0 aliphatic carbocycles. The lowest BCUT2D eigenvalue weighted by molar-refractivity contribution is -0.109. The maximum absolute atomic E-state index is 11.0. The predicted molar refractivity (Wildman–Crippen MR) is 79.6 cm³/mol. The molecule has 0 heterocycles. The first-order valence-corrected chi connectivity index (χ1v) is 6.41. The Morgan fingerprint density at radius 1 is 1.11 bits per heavy atom. The van der Waals surface area contributed by atoms with Gasteiger partial charge in [-0.25, -0.2) is 0 Å². The van der Waals surface area contributed by atoms with Crippen molar-refractivity contribution < 1.29 is 8.98 Å². The Bertz CT molecular complexity index is 614. The third kappa shape index (κ3) is 3.20. The Morgan fingerprint density at radius 3 is 2.53 bits per heavy atom. The second-order valence-corrected chi connectivity index (χ2v) is 4.91. The summed E-state index contributed by atoms with van der Waals surface area (Å²) < 4.78 is 5.42. The molecule has 0 spiro atoms. The van der Waals surface area contributed by atoms with Crippen LogP contribution in [0.1, 0.15) is 6.92 Å². The van der Waals surface area contributed by atoms with Gasteiger partial charge in [0, 0.05) is 29.4 Å². The van der Waals surface area contributed by atoms with E-state index in [4.69, 9.17) is 15.7 Å². The molecule has 2 aromatic rings. The molecule has 4 N–H and O–H groups in total. The Hall–Kier alpha value is -2.14. The van der Waals surface area contributed by atoms with Crippen LogP contribution in [0.25, 0.3) is 11.1 Å².